The van der Waals surface area contributed by atoms with Crippen LogP contribution < -0.4 is 5.32 Å². The fourth-order valence-corrected chi connectivity index (χ4v) is 3.59. The number of hydrogen-bond acceptors (Lipinski definition) is 2. The van der Waals surface area contributed by atoms with Gasteiger partial charge in [0.25, 0.3) is 0 Å². The van der Waals surface area contributed by atoms with Crippen molar-refractivity contribution in [1.29, 1.82) is 0 Å². The zero-order valence-corrected chi connectivity index (χ0v) is 14.7. The van der Waals surface area contributed by atoms with E-state index in [1.54, 1.807) is 0 Å². The standard InChI is InChI=1S/C21H21F2N3/c1-2-14-7-3-4-9-19(14)26-21-17(8-5-6-12-24-21)20(25-26)16-11-10-15(22)13-18(16)23/h3-4,7,9-11,13,24H,2,5-6,8,12H2,1H3. The van der Waals surface area contributed by atoms with E-state index in [1.807, 2.05) is 22.9 Å². The Bertz CT molecular complexity index is 946. The molecule has 5 heteroatoms. The van der Waals surface area contributed by atoms with Gasteiger partial charge in [0.15, 0.2) is 0 Å². The molecule has 0 spiro atoms. The summed E-state index contributed by atoms with van der Waals surface area (Å²) in [6, 6.07) is 11.8. The van der Waals surface area contributed by atoms with Crippen LogP contribution in [0.1, 0.15) is 30.9 Å². The van der Waals surface area contributed by atoms with Crippen molar-refractivity contribution in [3.8, 4) is 16.9 Å². The van der Waals surface area contributed by atoms with Crippen LogP contribution in [0.15, 0.2) is 42.5 Å². The van der Waals surface area contributed by atoms with Gasteiger partial charge >= 0.3 is 0 Å². The third kappa shape index (κ3) is 2.87. The van der Waals surface area contributed by atoms with Crippen LogP contribution in [0.5, 0.6) is 0 Å². The van der Waals surface area contributed by atoms with Crippen LogP contribution in [0.3, 0.4) is 0 Å². The topological polar surface area (TPSA) is 29.9 Å². The summed E-state index contributed by atoms with van der Waals surface area (Å²) in [5.41, 5.74) is 4.11. The number of halogens is 2. The molecule has 0 unspecified atom stereocenters. The molecule has 1 aliphatic rings. The summed E-state index contributed by atoms with van der Waals surface area (Å²) in [7, 11) is 0. The second-order valence-corrected chi connectivity index (χ2v) is 6.58. The fourth-order valence-electron chi connectivity index (χ4n) is 3.59. The van der Waals surface area contributed by atoms with Gasteiger partial charge in [-0.25, -0.2) is 13.5 Å². The van der Waals surface area contributed by atoms with Gasteiger partial charge in [0.05, 0.1) is 5.69 Å². The molecule has 0 amide bonds. The Kier molecular flexibility index (Phi) is 4.45. The van der Waals surface area contributed by atoms with Crippen molar-refractivity contribution in [2.45, 2.75) is 32.6 Å². The maximum absolute atomic E-state index is 14.5. The van der Waals surface area contributed by atoms with Crippen LogP contribution in [-0.4, -0.2) is 16.3 Å². The quantitative estimate of drug-likeness (QED) is 0.707. The molecule has 3 aromatic rings. The molecule has 26 heavy (non-hydrogen) atoms. The Morgan fingerprint density at radius 2 is 1.96 bits per heavy atom. The second-order valence-electron chi connectivity index (χ2n) is 6.58. The second kappa shape index (κ2) is 6.90. The Hall–Kier alpha value is -2.69. The zero-order chi connectivity index (χ0) is 18.1. The first kappa shape index (κ1) is 16.8. The molecule has 1 aliphatic heterocycles. The smallest absolute Gasteiger partial charge is 0.135 e. The van der Waals surface area contributed by atoms with Gasteiger partial charge in [-0.05, 0) is 49.4 Å². The molecule has 2 heterocycles. The van der Waals surface area contributed by atoms with Crippen LogP contribution in [0.25, 0.3) is 16.9 Å². The Morgan fingerprint density at radius 1 is 1.12 bits per heavy atom. The normalized spacial score (nSPS) is 13.8. The molecule has 0 fully saturated rings. The lowest BCUT2D eigenvalue weighted by Gasteiger charge is -2.12. The lowest BCUT2D eigenvalue weighted by atomic mass is 10.0. The van der Waals surface area contributed by atoms with Gasteiger partial charge in [-0.15, -0.1) is 0 Å². The summed E-state index contributed by atoms with van der Waals surface area (Å²) < 4.78 is 29.7. The van der Waals surface area contributed by atoms with E-state index in [0.29, 0.717) is 11.3 Å². The minimum atomic E-state index is -0.578. The molecule has 0 radical (unpaired) electrons. The van der Waals surface area contributed by atoms with Gasteiger partial charge in [-0.1, -0.05) is 25.1 Å². The molecule has 0 bridgehead atoms. The SMILES string of the molecule is CCc1ccccc1-n1nc(-c2ccc(F)cc2F)c2c1NCCCC2. The van der Waals surface area contributed by atoms with Crippen LogP contribution in [0.4, 0.5) is 14.6 Å². The van der Waals surface area contributed by atoms with E-state index in [0.717, 1.165) is 55.4 Å². The lowest BCUT2D eigenvalue weighted by Crippen LogP contribution is -2.08. The molecule has 134 valence electrons. The fraction of sp³-hybridized carbons (Fsp3) is 0.286. The van der Waals surface area contributed by atoms with E-state index in [9.17, 15) is 8.78 Å². The number of hydrogen-bond donors (Lipinski definition) is 1. The van der Waals surface area contributed by atoms with Gasteiger partial charge in [-0.2, -0.15) is 5.10 Å². The van der Waals surface area contributed by atoms with Crippen molar-refractivity contribution in [1.82, 2.24) is 9.78 Å². The molecule has 2 aromatic carbocycles. The van der Waals surface area contributed by atoms with Crippen LogP contribution in [0, 0.1) is 11.6 Å². The number of rotatable bonds is 3. The first-order valence-corrected chi connectivity index (χ1v) is 9.08. The van der Waals surface area contributed by atoms with Gasteiger partial charge in [0, 0.05) is 23.7 Å². The first-order valence-electron chi connectivity index (χ1n) is 9.08. The highest BCUT2D eigenvalue weighted by Gasteiger charge is 2.24. The van der Waals surface area contributed by atoms with Gasteiger partial charge in [0.1, 0.15) is 23.1 Å². The minimum Gasteiger partial charge on any atom is -0.370 e. The molecule has 1 aromatic heterocycles. The first-order chi connectivity index (χ1) is 12.7. The highest BCUT2D eigenvalue weighted by molar-refractivity contribution is 5.72. The van der Waals surface area contributed by atoms with Crippen molar-refractivity contribution >= 4 is 5.82 Å². The summed E-state index contributed by atoms with van der Waals surface area (Å²) in [5, 5.41) is 8.23. The van der Waals surface area contributed by atoms with Crippen molar-refractivity contribution in [3.05, 3.63) is 65.2 Å². The number of para-hydroxylation sites is 1. The number of aryl methyl sites for hydroxylation is 1. The van der Waals surface area contributed by atoms with E-state index in [1.165, 1.54) is 17.7 Å². The number of benzene rings is 2. The Morgan fingerprint density at radius 3 is 2.77 bits per heavy atom. The van der Waals surface area contributed by atoms with E-state index < -0.39 is 11.6 Å². The summed E-state index contributed by atoms with van der Waals surface area (Å²) in [5.74, 6) is -0.237. The van der Waals surface area contributed by atoms with Crippen molar-refractivity contribution in [2.75, 3.05) is 11.9 Å². The van der Waals surface area contributed by atoms with Crippen LogP contribution in [0.2, 0.25) is 0 Å². The third-order valence-corrected chi connectivity index (χ3v) is 4.92. The number of anilines is 1. The molecular weight excluding hydrogens is 332 g/mol. The number of nitrogens with one attached hydrogen (secondary N) is 1. The molecule has 0 saturated carbocycles. The maximum atomic E-state index is 14.5. The number of nitrogens with zero attached hydrogens (tertiary/aromatic N) is 2. The molecule has 3 nitrogen and oxygen atoms in total. The summed E-state index contributed by atoms with van der Waals surface area (Å²) in [6.45, 7) is 2.97. The molecule has 1 N–H and O–H groups in total. The average molecular weight is 353 g/mol. The lowest BCUT2D eigenvalue weighted by molar-refractivity contribution is 0.585. The summed E-state index contributed by atoms with van der Waals surface area (Å²) in [4.78, 5) is 0. The molecule has 0 saturated heterocycles. The highest BCUT2D eigenvalue weighted by atomic mass is 19.1. The Balaban J connectivity index is 1.95. The highest BCUT2D eigenvalue weighted by Crippen LogP contribution is 2.35. The molecule has 0 aliphatic carbocycles. The summed E-state index contributed by atoms with van der Waals surface area (Å²) in [6.07, 6.45) is 3.76. The van der Waals surface area contributed by atoms with Gasteiger partial charge in [0.2, 0.25) is 0 Å². The van der Waals surface area contributed by atoms with Crippen molar-refractivity contribution in [3.63, 3.8) is 0 Å². The molecular formula is C21H21F2N3. The minimum absolute atomic E-state index is 0.346. The maximum Gasteiger partial charge on any atom is 0.135 e. The molecule has 0 atom stereocenters. The van der Waals surface area contributed by atoms with Crippen LogP contribution in [-0.2, 0) is 12.8 Å². The average Bonchev–Trinajstić information content (AvgIpc) is 2.83. The third-order valence-electron chi connectivity index (χ3n) is 4.92. The van der Waals surface area contributed by atoms with Crippen molar-refractivity contribution < 1.29 is 8.78 Å². The number of aromatic nitrogens is 2. The van der Waals surface area contributed by atoms with E-state index in [-0.39, 0.29) is 0 Å². The van der Waals surface area contributed by atoms with Gasteiger partial charge < -0.3 is 5.32 Å². The van der Waals surface area contributed by atoms with E-state index >= 15 is 0 Å². The summed E-state index contributed by atoms with van der Waals surface area (Å²) >= 11 is 0. The number of fused-ring (bicyclic) bond motifs is 1. The van der Waals surface area contributed by atoms with Gasteiger partial charge in [-0.3, -0.25) is 0 Å². The predicted molar refractivity (Wildman–Crippen MR) is 99.7 cm³/mol. The van der Waals surface area contributed by atoms with Crippen LogP contribution >= 0.6 is 0 Å². The largest absolute Gasteiger partial charge is 0.370 e. The molecule has 4 rings (SSSR count). The zero-order valence-electron chi connectivity index (χ0n) is 14.7. The Labute approximate surface area is 151 Å². The predicted octanol–water partition coefficient (Wildman–Crippen LogP) is 5.13. The monoisotopic (exact) mass is 353 g/mol. The van der Waals surface area contributed by atoms with Crippen molar-refractivity contribution in [2.24, 2.45) is 0 Å². The van der Waals surface area contributed by atoms with E-state index in [4.69, 9.17) is 5.10 Å². The van der Waals surface area contributed by atoms with E-state index in [2.05, 4.69) is 18.3 Å².